The van der Waals surface area contributed by atoms with E-state index in [1.54, 1.807) is 0 Å². The Bertz CT molecular complexity index is 634. The average Bonchev–Trinajstić information content (AvgIpc) is 3.18. The fourth-order valence-corrected chi connectivity index (χ4v) is 3.90. The molecule has 2 aliphatic heterocycles. The number of rotatable bonds is 6. The lowest BCUT2D eigenvalue weighted by molar-refractivity contribution is -0.137. The third-order valence-corrected chi connectivity index (χ3v) is 5.51. The first-order valence-corrected chi connectivity index (χ1v) is 9.62. The third-order valence-electron chi connectivity index (χ3n) is 5.51. The molecule has 1 aromatic heterocycles. The molecule has 1 atom stereocenters. The number of likely N-dealkylation sites (N-methyl/N-ethyl adjacent to an activating group) is 1. The van der Waals surface area contributed by atoms with Crippen LogP contribution in [0.4, 0.5) is 0 Å². The summed E-state index contributed by atoms with van der Waals surface area (Å²) < 4.78 is 2.01. The minimum absolute atomic E-state index is 0.120. The number of piperidine rings is 1. The van der Waals surface area contributed by atoms with E-state index < -0.39 is 0 Å². The van der Waals surface area contributed by atoms with Gasteiger partial charge in [0.15, 0.2) is 0 Å². The third kappa shape index (κ3) is 4.63. The average molecular weight is 361 g/mol. The molecule has 0 saturated carbocycles. The molecule has 7 nitrogen and oxygen atoms in total. The van der Waals surface area contributed by atoms with Crippen LogP contribution in [-0.4, -0.2) is 83.1 Å². The highest BCUT2D eigenvalue weighted by Gasteiger charge is 2.37. The maximum atomic E-state index is 12.8. The van der Waals surface area contributed by atoms with Crippen molar-refractivity contribution in [1.82, 2.24) is 24.5 Å². The van der Waals surface area contributed by atoms with Gasteiger partial charge in [-0.2, -0.15) is 5.10 Å². The Labute approximate surface area is 155 Å². The molecular weight excluding hydrogens is 330 g/mol. The zero-order valence-corrected chi connectivity index (χ0v) is 16.2. The molecule has 144 valence electrons. The molecule has 0 radical (unpaired) electrons. The Hall–Kier alpha value is -1.89. The number of nitrogens with zero attached hydrogens (tertiary/aromatic N) is 5. The van der Waals surface area contributed by atoms with Crippen molar-refractivity contribution in [1.29, 1.82) is 0 Å². The van der Waals surface area contributed by atoms with E-state index in [1.165, 1.54) is 5.56 Å². The normalized spacial score (nSPS) is 21.8. The van der Waals surface area contributed by atoms with Crippen molar-refractivity contribution in [3.8, 4) is 0 Å². The molecule has 0 N–H and O–H groups in total. The highest BCUT2D eigenvalue weighted by atomic mass is 16.2. The van der Waals surface area contributed by atoms with Crippen LogP contribution in [0, 0.1) is 18.8 Å². The fourth-order valence-electron chi connectivity index (χ4n) is 3.90. The summed E-state index contributed by atoms with van der Waals surface area (Å²) in [6, 6.07) is 0. The van der Waals surface area contributed by atoms with Crippen molar-refractivity contribution in [3.05, 3.63) is 18.0 Å². The number of hydrogen-bond donors (Lipinski definition) is 0. The number of likely N-dealkylation sites (tertiary alicyclic amines) is 2. The molecule has 3 rings (SSSR count). The molecule has 2 aliphatic rings. The Kier molecular flexibility index (Phi) is 5.96. The van der Waals surface area contributed by atoms with Gasteiger partial charge in [-0.25, -0.2) is 0 Å². The van der Waals surface area contributed by atoms with Crippen LogP contribution in [0.25, 0.3) is 0 Å². The van der Waals surface area contributed by atoms with Gasteiger partial charge in [-0.05, 0) is 45.3 Å². The van der Waals surface area contributed by atoms with Crippen LogP contribution in [0.5, 0.6) is 0 Å². The first kappa shape index (κ1) is 18.9. The van der Waals surface area contributed by atoms with E-state index in [4.69, 9.17) is 0 Å². The van der Waals surface area contributed by atoms with Gasteiger partial charge in [0, 0.05) is 51.9 Å². The predicted molar refractivity (Wildman–Crippen MR) is 99.5 cm³/mol. The van der Waals surface area contributed by atoms with Gasteiger partial charge in [-0.1, -0.05) is 0 Å². The number of aryl methyl sites for hydroxylation is 1. The number of aromatic nitrogens is 2. The first-order valence-electron chi connectivity index (χ1n) is 9.62. The highest BCUT2D eigenvalue weighted by molar-refractivity contribution is 5.89. The predicted octanol–water partition coefficient (Wildman–Crippen LogP) is 0.840. The van der Waals surface area contributed by atoms with Crippen molar-refractivity contribution in [2.24, 2.45) is 11.8 Å². The Balaban J connectivity index is 1.45. The summed E-state index contributed by atoms with van der Waals surface area (Å²) in [5.41, 5.74) is 1.18. The smallest absolute Gasteiger partial charge is 0.227 e. The molecule has 1 aromatic rings. The molecule has 0 bridgehead atoms. The van der Waals surface area contributed by atoms with Gasteiger partial charge in [0.2, 0.25) is 11.8 Å². The molecule has 3 heterocycles. The van der Waals surface area contributed by atoms with Crippen molar-refractivity contribution >= 4 is 11.8 Å². The van der Waals surface area contributed by atoms with E-state index in [2.05, 4.69) is 23.1 Å². The Morgan fingerprint density at radius 1 is 1.31 bits per heavy atom. The maximum absolute atomic E-state index is 12.8. The van der Waals surface area contributed by atoms with Crippen molar-refractivity contribution in [2.75, 3.05) is 46.8 Å². The zero-order valence-electron chi connectivity index (χ0n) is 16.2. The van der Waals surface area contributed by atoms with Crippen molar-refractivity contribution in [2.45, 2.75) is 32.7 Å². The first-order chi connectivity index (χ1) is 12.4. The van der Waals surface area contributed by atoms with Crippen molar-refractivity contribution in [3.63, 3.8) is 0 Å². The Morgan fingerprint density at radius 2 is 2.04 bits per heavy atom. The van der Waals surface area contributed by atoms with E-state index in [0.29, 0.717) is 25.4 Å². The summed E-state index contributed by atoms with van der Waals surface area (Å²) in [5, 5.41) is 4.36. The van der Waals surface area contributed by atoms with Crippen LogP contribution in [0.2, 0.25) is 0 Å². The second-order valence-electron chi connectivity index (χ2n) is 8.05. The summed E-state index contributed by atoms with van der Waals surface area (Å²) in [7, 11) is 4.00. The SMILES string of the molecule is Cc1cnn(CC2CCN(C(=O)[C@H]3CC(=O)N(CCN(C)C)C3)CC2)c1. The second-order valence-corrected chi connectivity index (χ2v) is 8.05. The van der Waals surface area contributed by atoms with Crippen LogP contribution in [0.1, 0.15) is 24.8 Å². The van der Waals surface area contributed by atoms with Crippen LogP contribution in [0.15, 0.2) is 12.4 Å². The molecule has 0 aromatic carbocycles. The van der Waals surface area contributed by atoms with Gasteiger partial charge >= 0.3 is 0 Å². The lowest BCUT2D eigenvalue weighted by atomic mass is 9.95. The van der Waals surface area contributed by atoms with Gasteiger partial charge in [0.05, 0.1) is 12.1 Å². The number of carbonyl (C=O) groups is 2. The summed E-state index contributed by atoms with van der Waals surface area (Å²) >= 11 is 0. The quantitative estimate of drug-likeness (QED) is 0.753. The molecule has 2 fully saturated rings. The lowest BCUT2D eigenvalue weighted by Crippen LogP contribution is -2.43. The molecular formula is C19H31N5O2. The topological polar surface area (TPSA) is 61.7 Å². The van der Waals surface area contributed by atoms with Crippen LogP contribution in [-0.2, 0) is 16.1 Å². The highest BCUT2D eigenvalue weighted by Crippen LogP contribution is 2.24. The summed E-state index contributed by atoms with van der Waals surface area (Å²) in [6.07, 6.45) is 6.35. The van der Waals surface area contributed by atoms with E-state index >= 15 is 0 Å². The largest absolute Gasteiger partial charge is 0.342 e. The van der Waals surface area contributed by atoms with E-state index in [-0.39, 0.29) is 17.7 Å². The summed E-state index contributed by atoms with van der Waals surface area (Å²) in [6.45, 7) is 6.70. The minimum Gasteiger partial charge on any atom is -0.342 e. The van der Waals surface area contributed by atoms with Gasteiger partial charge in [0.1, 0.15) is 0 Å². The Morgan fingerprint density at radius 3 is 2.65 bits per heavy atom. The van der Waals surface area contributed by atoms with E-state index in [9.17, 15) is 9.59 Å². The standard InChI is InChI=1S/C19H31N5O2/c1-15-11-20-24(12-15)13-16-4-6-22(7-5-16)19(26)17-10-18(25)23(14-17)9-8-21(2)3/h11-12,16-17H,4-10,13-14H2,1-3H3/t17-/m0/s1. The summed E-state index contributed by atoms with van der Waals surface area (Å²) in [5.74, 6) is 0.698. The van der Waals surface area contributed by atoms with Crippen LogP contribution >= 0.6 is 0 Å². The monoisotopic (exact) mass is 361 g/mol. The number of amides is 2. The lowest BCUT2D eigenvalue weighted by Gasteiger charge is -2.33. The van der Waals surface area contributed by atoms with Gasteiger partial charge < -0.3 is 14.7 Å². The summed E-state index contributed by atoms with van der Waals surface area (Å²) in [4.78, 5) is 30.9. The van der Waals surface area contributed by atoms with Crippen LogP contribution in [0.3, 0.4) is 0 Å². The van der Waals surface area contributed by atoms with Gasteiger partial charge in [0.25, 0.3) is 0 Å². The molecule has 0 spiro atoms. The van der Waals surface area contributed by atoms with E-state index in [0.717, 1.165) is 39.0 Å². The number of carbonyl (C=O) groups excluding carboxylic acids is 2. The molecule has 0 unspecified atom stereocenters. The van der Waals surface area contributed by atoms with Crippen LogP contribution < -0.4 is 0 Å². The molecule has 2 saturated heterocycles. The molecule has 0 aliphatic carbocycles. The molecule has 7 heteroatoms. The molecule has 26 heavy (non-hydrogen) atoms. The van der Waals surface area contributed by atoms with Gasteiger partial charge in [-0.3, -0.25) is 14.3 Å². The number of hydrogen-bond acceptors (Lipinski definition) is 4. The van der Waals surface area contributed by atoms with Crippen molar-refractivity contribution < 1.29 is 9.59 Å². The van der Waals surface area contributed by atoms with E-state index in [1.807, 2.05) is 34.8 Å². The maximum Gasteiger partial charge on any atom is 0.227 e. The minimum atomic E-state index is -0.157. The van der Waals surface area contributed by atoms with Gasteiger partial charge in [-0.15, -0.1) is 0 Å². The fraction of sp³-hybridized carbons (Fsp3) is 0.737. The second kappa shape index (κ2) is 8.20. The zero-order chi connectivity index (χ0) is 18.7. The molecule has 2 amide bonds.